The van der Waals surface area contributed by atoms with Gasteiger partial charge in [0.25, 0.3) is 0 Å². The van der Waals surface area contributed by atoms with Gasteiger partial charge in [0, 0.05) is 17.0 Å². The Morgan fingerprint density at radius 2 is 2.10 bits per heavy atom. The van der Waals surface area contributed by atoms with Crippen molar-refractivity contribution in [2.24, 2.45) is 0 Å². The van der Waals surface area contributed by atoms with E-state index in [0.717, 1.165) is 5.01 Å². The van der Waals surface area contributed by atoms with Gasteiger partial charge in [0.1, 0.15) is 6.04 Å². The van der Waals surface area contributed by atoms with Crippen molar-refractivity contribution >= 4 is 17.5 Å². The molecule has 0 aliphatic carbocycles. The standard InChI is InChI=1S/C14H16ClF3N2O/c1-13(2)8-12(21)19-20(13)11(14(16,17)18)7-9-4-3-5-10(15)6-9/h3-6,11H,7-8H2,1-2H3,(H,19,21)/t11-/m0/s1. The summed E-state index contributed by atoms with van der Waals surface area (Å²) < 4.78 is 40.2. The third-order valence-corrected chi connectivity index (χ3v) is 3.73. The first kappa shape index (κ1) is 16.1. The molecule has 1 aliphatic rings. The topological polar surface area (TPSA) is 32.3 Å². The summed E-state index contributed by atoms with van der Waals surface area (Å²) in [5, 5.41) is 1.40. The number of hydrazine groups is 1. The van der Waals surface area contributed by atoms with E-state index in [1.165, 1.54) is 6.07 Å². The molecule has 116 valence electrons. The van der Waals surface area contributed by atoms with Gasteiger partial charge in [0.05, 0.1) is 0 Å². The number of nitrogens with one attached hydrogen (secondary N) is 1. The first-order valence-corrected chi connectivity index (χ1v) is 6.87. The quantitative estimate of drug-likeness (QED) is 0.926. The van der Waals surface area contributed by atoms with Gasteiger partial charge in [0.2, 0.25) is 5.91 Å². The normalized spacial score (nSPS) is 20.4. The van der Waals surface area contributed by atoms with E-state index < -0.39 is 23.7 Å². The zero-order chi connectivity index (χ0) is 15.8. The zero-order valence-electron chi connectivity index (χ0n) is 11.7. The second kappa shape index (κ2) is 5.50. The summed E-state index contributed by atoms with van der Waals surface area (Å²) >= 11 is 5.82. The van der Waals surface area contributed by atoms with Crippen molar-refractivity contribution in [3.63, 3.8) is 0 Å². The highest BCUT2D eigenvalue weighted by atomic mass is 35.5. The number of alkyl halides is 3. The van der Waals surface area contributed by atoms with Crippen molar-refractivity contribution in [1.29, 1.82) is 0 Å². The minimum Gasteiger partial charge on any atom is -0.288 e. The van der Waals surface area contributed by atoms with E-state index in [4.69, 9.17) is 11.6 Å². The number of nitrogens with zero attached hydrogens (tertiary/aromatic N) is 1. The predicted molar refractivity (Wildman–Crippen MR) is 73.7 cm³/mol. The van der Waals surface area contributed by atoms with Gasteiger partial charge < -0.3 is 0 Å². The van der Waals surface area contributed by atoms with E-state index in [1.54, 1.807) is 32.0 Å². The molecule has 0 unspecified atom stereocenters. The molecule has 3 nitrogen and oxygen atoms in total. The highest BCUT2D eigenvalue weighted by molar-refractivity contribution is 6.30. The summed E-state index contributed by atoms with van der Waals surface area (Å²) in [6.45, 7) is 3.23. The number of carbonyl (C=O) groups is 1. The third-order valence-electron chi connectivity index (χ3n) is 3.50. The summed E-state index contributed by atoms with van der Waals surface area (Å²) in [6, 6.07) is 4.52. The van der Waals surface area contributed by atoms with Gasteiger partial charge in [-0.05, 0) is 38.0 Å². The fraction of sp³-hybridized carbons (Fsp3) is 0.500. The molecule has 21 heavy (non-hydrogen) atoms. The molecule has 1 aromatic carbocycles. The SMILES string of the molecule is CC1(C)CC(=O)NN1[C@@H](Cc1cccc(Cl)c1)C(F)(F)F. The Kier molecular flexibility index (Phi) is 4.22. The Morgan fingerprint density at radius 1 is 1.43 bits per heavy atom. The van der Waals surface area contributed by atoms with Crippen molar-refractivity contribution in [2.75, 3.05) is 0 Å². The van der Waals surface area contributed by atoms with Crippen LogP contribution in [0.4, 0.5) is 13.2 Å². The fourth-order valence-electron chi connectivity index (χ4n) is 2.54. The average Bonchev–Trinajstić information content (AvgIpc) is 2.58. The number of carbonyl (C=O) groups excluding carboxylic acids is 1. The molecule has 1 fully saturated rings. The summed E-state index contributed by atoms with van der Waals surface area (Å²) in [7, 11) is 0. The lowest BCUT2D eigenvalue weighted by atomic mass is 9.97. The number of hydrogen-bond donors (Lipinski definition) is 1. The molecule has 1 amide bonds. The van der Waals surface area contributed by atoms with Crippen LogP contribution in [-0.4, -0.2) is 28.7 Å². The van der Waals surface area contributed by atoms with E-state index in [2.05, 4.69) is 5.43 Å². The lowest BCUT2D eigenvalue weighted by molar-refractivity contribution is -0.200. The second-order valence-electron chi connectivity index (χ2n) is 5.79. The van der Waals surface area contributed by atoms with Crippen molar-refractivity contribution in [1.82, 2.24) is 10.4 Å². The number of hydrogen-bond acceptors (Lipinski definition) is 2. The van der Waals surface area contributed by atoms with Crippen LogP contribution >= 0.6 is 11.6 Å². The van der Waals surface area contributed by atoms with Crippen LogP contribution in [0.3, 0.4) is 0 Å². The minimum atomic E-state index is -4.46. The van der Waals surface area contributed by atoms with Crippen LogP contribution in [0.25, 0.3) is 0 Å². The fourth-order valence-corrected chi connectivity index (χ4v) is 2.76. The van der Waals surface area contributed by atoms with E-state index in [9.17, 15) is 18.0 Å². The maximum Gasteiger partial charge on any atom is 0.406 e. The lowest BCUT2D eigenvalue weighted by Crippen LogP contribution is -2.57. The molecule has 7 heteroatoms. The smallest absolute Gasteiger partial charge is 0.288 e. The highest BCUT2D eigenvalue weighted by Gasteiger charge is 2.51. The molecule has 1 atom stereocenters. The summed E-state index contributed by atoms with van der Waals surface area (Å²) in [6.07, 6.45) is -4.69. The van der Waals surface area contributed by atoms with E-state index in [1.807, 2.05) is 0 Å². The molecule has 1 saturated heterocycles. The van der Waals surface area contributed by atoms with Crippen molar-refractivity contribution in [2.45, 2.75) is 44.4 Å². The first-order chi connectivity index (χ1) is 9.59. The van der Waals surface area contributed by atoms with E-state index in [-0.39, 0.29) is 12.8 Å². The monoisotopic (exact) mass is 320 g/mol. The number of halogens is 4. The molecule has 0 aromatic heterocycles. The highest BCUT2D eigenvalue weighted by Crippen LogP contribution is 2.35. The maximum atomic E-state index is 13.4. The van der Waals surface area contributed by atoms with Gasteiger partial charge in [-0.1, -0.05) is 23.7 Å². The first-order valence-electron chi connectivity index (χ1n) is 6.49. The van der Waals surface area contributed by atoms with Crippen LogP contribution in [-0.2, 0) is 11.2 Å². The molecule has 0 spiro atoms. The van der Waals surface area contributed by atoms with Crippen LogP contribution in [0.2, 0.25) is 5.02 Å². The van der Waals surface area contributed by atoms with Crippen LogP contribution < -0.4 is 5.43 Å². The Hall–Kier alpha value is -1.27. The number of rotatable bonds is 3. The van der Waals surface area contributed by atoms with Gasteiger partial charge in [-0.2, -0.15) is 13.2 Å². The average molecular weight is 321 g/mol. The van der Waals surface area contributed by atoms with Gasteiger partial charge in [0.15, 0.2) is 0 Å². The van der Waals surface area contributed by atoms with E-state index in [0.29, 0.717) is 10.6 Å². The van der Waals surface area contributed by atoms with Crippen LogP contribution in [0.1, 0.15) is 25.8 Å². The number of amides is 1. The molecule has 1 aliphatic heterocycles. The Balaban J connectivity index is 2.30. The molecular weight excluding hydrogens is 305 g/mol. The van der Waals surface area contributed by atoms with Crippen molar-refractivity contribution in [3.05, 3.63) is 34.9 Å². The molecule has 1 aromatic rings. The van der Waals surface area contributed by atoms with Crippen LogP contribution in [0.15, 0.2) is 24.3 Å². The summed E-state index contributed by atoms with van der Waals surface area (Å²) in [4.78, 5) is 11.5. The molecule has 1 N–H and O–H groups in total. The van der Waals surface area contributed by atoms with Crippen LogP contribution in [0, 0.1) is 0 Å². The Labute approximate surface area is 126 Å². The largest absolute Gasteiger partial charge is 0.406 e. The summed E-state index contributed by atoms with van der Waals surface area (Å²) in [5.41, 5.74) is 1.91. The van der Waals surface area contributed by atoms with Crippen molar-refractivity contribution < 1.29 is 18.0 Å². The third kappa shape index (κ3) is 3.68. The minimum absolute atomic E-state index is 0.0368. The lowest BCUT2D eigenvalue weighted by Gasteiger charge is -2.37. The molecular formula is C14H16ClF3N2O. The van der Waals surface area contributed by atoms with Gasteiger partial charge in [-0.15, -0.1) is 0 Å². The molecule has 2 rings (SSSR count). The molecule has 1 heterocycles. The van der Waals surface area contributed by atoms with Gasteiger partial charge >= 0.3 is 6.18 Å². The predicted octanol–water partition coefficient (Wildman–Crippen LogP) is 3.33. The maximum absolute atomic E-state index is 13.4. The van der Waals surface area contributed by atoms with E-state index >= 15 is 0 Å². The second-order valence-corrected chi connectivity index (χ2v) is 6.22. The van der Waals surface area contributed by atoms with Crippen molar-refractivity contribution in [3.8, 4) is 0 Å². The molecule has 0 bridgehead atoms. The Bertz CT molecular complexity index is 545. The molecule has 0 saturated carbocycles. The molecule has 0 radical (unpaired) electrons. The Morgan fingerprint density at radius 3 is 2.57 bits per heavy atom. The van der Waals surface area contributed by atoms with Gasteiger partial charge in [-0.3, -0.25) is 10.2 Å². The zero-order valence-corrected chi connectivity index (χ0v) is 12.4. The number of benzene rings is 1. The van der Waals surface area contributed by atoms with Crippen LogP contribution in [0.5, 0.6) is 0 Å². The summed E-state index contributed by atoms with van der Waals surface area (Å²) in [5.74, 6) is -0.402. The van der Waals surface area contributed by atoms with Gasteiger partial charge in [-0.25, -0.2) is 5.01 Å².